The summed E-state index contributed by atoms with van der Waals surface area (Å²) in [6, 6.07) is 0. The summed E-state index contributed by atoms with van der Waals surface area (Å²) in [6.45, 7) is 9.70. The Balaban J connectivity index is 1.32. The number of fused-ring (bicyclic) bond motifs is 5. The van der Waals surface area contributed by atoms with E-state index in [1.807, 2.05) is 0 Å². The quantitative estimate of drug-likeness (QED) is 0.439. The van der Waals surface area contributed by atoms with Crippen LogP contribution in [0, 0.1) is 46.3 Å². The van der Waals surface area contributed by atoms with Crippen LogP contribution in [-0.4, -0.2) is 21.9 Å². The average Bonchev–Trinajstić information content (AvgIpc) is 3.41. The smallest absolute Gasteiger partial charge is 0.0682 e. The molecule has 0 saturated heterocycles. The highest BCUT2D eigenvalue weighted by Gasteiger charge is 2.60. The van der Waals surface area contributed by atoms with Gasteiger partial charge in [0, 0.05) is 0 Å². The zero-order valence-electron chi connectivity index (χ0n) is 21.4. The zero-order chi connectivity index (χ0) is 22.7. The fourth-order valence-electron chi connectivity index (χ4n) is 9.99. The fraction of sp³-hybridized carbons (Fsp3) is 0.933. The molecule has 0 aliphatic heterocycles. The number of hydrogen-bond donors (Lipinski definition) is 2. The molecule has 4 fully saturated rings. The van der Waals surface area contributed by atoms with Gasteiger partial charge in [-0.1, -0.05) is 65.0 Å². The standard InChI is InChI=1S/C30H50O2/c1-5-30(32)17-16-28(3)22(19-30)10-11-23-25-13-12-24(29(25,4)15-14-26(23)28)20(2)27(31)18-21-8-6-7-9-21/h10,20-21,23-27,31-32H,5-9,11-19H2,1-4H3/t20-,23-,24+,25-,26-,27+,28-,29+,30-/m0/s1. The molecule has 0 heterocycles. The third-order valence-electron chi connectivity index (χ3n) is 12.3. The van der Waals surface area contributed by atoms with Crippen LogP contribution < -0.4 is 0 Å². The Kier molecular flexibility index (Phi) is 6.14. The van der Waals surface area contributed by atoms with Crippen molar-refractivity contribution in [1.82, 2.24) is 0 Å². The van der Waals surface area contributed by atoms with E-state index in [-0.39, 0.29) is 6.10 Å². The van der Waals surface area contributed by atoms with Crippen LogP contribution in [0.15, 0.2) is 11.6 Å². The van der Waals surface area contributed by atoms with Crippen molar-refractivity contribution in [2.45, 2.75) is 129 Å². The summed E-state index contributed by atoms with van der Waals surface area (Å²) in [5.41, 5.74) is 1.87. The van der Waals surface area contributed by atoms with Crippen LogP contribution in [0.3, 0.4) is 0 Å². The summed E-state index contributed by atoms with van der Waals surface area (Å²) in [6.07, 6.45) is 19.6. The normalized spacial score (nSPS) is 48.5. The van der Waals surface area contributed by atoms with Gasteiger partial charge < -0.3 is 10.2 Å². The van der Waals surface area contributed by atoms with E-state index < -0.39 is 5.60 Å². The Morgan fingerprint density at radius 3 is 2.47 bits per heavy atom. The maximum absolute atomic E-state index is 11.2. The highest BCUT2D eigenvalue weighted by Crippen LogP contribution is 2.68. The van der Waals surface area contributed by atoms with Gasteiger partial charge >= 0.3 is 0 Å². The minimum absolute atomic E-state index is 0.100. The monoisotopic (exact) mass is 442 g/mol. The molecule has 0 aromatic rings. The summed E-state index contributed by atoms with van der Waals surface area (Å²) >= 11 is 0. The number of allylic oxidation sites excluding steroid dienone is 1. The second-order valence-corrected chi connectivity index (χ2v) is 13.6. The second-order valence-electron chi connectivity index (χ2n) is 13.6. The van der Waals surface area contributed by atoms with Crippen LogP contribution in [0.1, 0.15) is 118 Å². The molecular weight excluding hydrogens is 392 g/mol. The van der Waals surface area contributed by atoms with Gasteiger partial charge in [-0.3, -0.25) is 0 Å². The predicted octanol–water partition coefficient (Wildman–Crippen LogP) is 7.28. The maximum atomic E-state index is 11.2. The molecule has 0 bridgehead atoms. The first-order chi connectivity index (χ1) is 15.2. The third kappa shape index (κ3) is 3.65. The topological polar surface area (TPSA) is 40.5 Å². The van der Waals surface area contributed by atoms with Crippen molar-refractivity contribution < 1.29 is 10.2 Å². The summed E-state index contributed by atoms with van der Waals surface area (Å²) in [4.78, 5) is 0. The van der Waals surface area contributed by atoms with Crippen LogP contribution in [0.5, 0.6) is 0 Å². The van der Waals surface area contributed by atoms with Crippen molar-refractivity contribution in [1.29, 1.82) is 0 Å². The molecule has 2 nitrogen and oxygen atoms in total. The average molecular weight is 443 g/mol. The lowest BCUT2D eigenvalue weighted by Crippen LogP contribution is -2.52. The lowest BCUT2D eigenvalue weighted by atomic mass is 9.46. The molecule has 5 rings (SSSR count). The summed E-state index contributed by atoms with van der Waals surface area (Å²) in [5, 5.41) is 22.2. The number of rotatable bonds is 5. The van der Waals surface area contributed by atoms with Crippen molar-refractivity contribution in [2.75, 3.05) is 0 Å². The van der Waals surface area contributed by atoms with Gasteiger partial charge in [-0.15, -0.1) is 0 Å². The Bertz CT molecular complexity index is 722. The molecule has 2 heteroatoms. The third-order valence-corrected chi connectivity index (χ3v) is 12.3. The van der Waals surface area contributed by atoms with E-state index in [9.17, 15) is 10.2 Å². The number of hydrogen-bond acceptors (Lipinski definition) is 2. The molecule has 4 saturated carbocycles. The van der Waals surface area contributed by atoms with Crippen LogP contribution in [0.2, 0.25) is 0 Å². The lowest BCUT2D eigenvalue weighted by Gasteiger charge is -2.59. The van der Waals surface area contributed by atoms with Crippen molar-refractivity contribution in [3.63, 3.8) is 0 Å². The van der Waals surface area contributed by atoms with E-state index in [4.69, 9.17) is 0 Å². The van der Waals surface area contributed by atoms with E-state index in [0.29, 0.717) is 22.7 Å². The van der Waals surface area contributed by atoms with Gasteiger partial charge in [0.15, 0.2) is 0 Å². The van der Waals surface area contributed by atoms with E-state index in [0.717, 1.165) is 49.4 Å². The minimum Gasteiger partial charge on any atom is -0.393 e. The van der Waals surface area contributed by atoms with E-state index >= 15 is 0 Å². The first kappa shape index (κ1) is 23.4. The lowest BCUT2D eigenvalue weighted by molar-refractivity contribution is -0.0823. The molecule has 0 aromatic heterocycles. The molecule has 0 aromatic carbocycles. The maximum Gasteiger partial charge on any atom is 0.0682 e. The molecule has 2 N–H and O–H groups in total. The predicted molar refractivity (Wildman–Crippen MR) is 132 cm³/mol. The number of aliphatic hydroxyl groups is 2. The van der Waals surface area contributed by atoms with Crippen LogP contribution in [0.25, 0.3) is 0 Å². The molecule has 5 aliphatic rings. The molecule has 32 heavy (non-hydrogen) atoms. The Labute approximate surface area is 197 Å². The van der Waals surface area contributed by atoms with Crippen LogP contribution in [-0.2, 0) is 0 Å². The minimum atomic E-state index is -0.454. The molecule has 5 aliphatic carbocycles. The first-order valence-corrected chi connectivity index (χ1v) is 14.3. The molecule has 0 radical (unpaired) electrons. The largest absolute Gasteiger partial charge is 0.393 e. The Morgan fingerprint density at radius 1 is 1.00 bits per heavy atom. The van der Waals surface area contributed by atoms with Gasteiger partial charge in [0.25, 0.3) is 0 Å². The summed E-state index contributed by atoms with van der Waals surface area (Å²) in [7, 11) is 0. The molecule has 0 unspecified atom stereocenters. The fourth-order valence-corrected chi connectivity index (χ4v) is 9.99. The summed E-state index contributed by atoms with van der Waals surface area (Å²) < 4.78 is 0. The Hall–Kier alpha value is -0.340. The molecule has 0 amide bonds. The van der Waals surface area contributed by atoms with E-state index in [1.165, 1.54) is 64.2 Å². The van der Waals surface area contributed by atoms with Gasteiger partial charge in [-0.05, 0) is 111 Å². The van der Waals surface area contributed by atoms with Gasteiger partial charge in [-0.2, -0.15) is 0 Å². The van der Waals surface area contributed by atoms with Crippen molar-refractivity contribution in [3.05, 3.63) is 11.6 Å². The van der Waals surface area contributed by atoms with E-state index in [1.54, 1.807) is 5.57 Å². The van der Waals surface area contributed by atoms with Gasteiger partial charge in [0.05, 0.1) is 11.7 Å². The van der Waals surface area contributed by atoms with Crippen LogP contribution >= 0.6 is 0 Å². The second kappa shape index (κ2) is 8.40. The SMILES string of the molecule is CC[C@]1(O)CC[C@@]2(C)C(=CC[C@H]3[C@@H]4CC[C@H]([C@H](C)[C@H](O)CC5CCCC5)[C@@]4(C)CC[C@@H]32)C1. The molecule has 0 spiro atoms. The molecule has 182 valence electrons. The zero-order valence-corrected chi connectivity index (χ0v) is 21.4. The number of aliphatic hydroxyl groups excluding tert-OH is 1. The summed E-state index contributed by atoms with van der Waals surface area (Å²) in [5.74, 6) is 4.37. The molecular formula is C30H50O2. The first-order valence-electron chi connectivity index (χ1n) is 14.3. The van der Waals surface area contributed by atoms with Gasteiger partial charge in [0.1, 0.15) is 0 Å². The van der Waals surface area contributed by atoms with E-state index in [2.05, 4.69) is 33.8 Å². The highest BCUT2D eigenvalue weighted by atomic mass is 16.3. The van der Waals surface area contributed by atoms with Gasteiger partial charge in [0.2, 0.25) is 0 Å². The van der Waals surface area contributed by atoms with Crippen LogP contribution in [0.4, 0.5) is 0 Å². The Morgan fingerprint density at radius 2 is 1.75 bits per heavy atom. The van der Waals surface area contributed by atoms with Crippen molar-refractivity contribution in [3.8, 4) is 0 Å². The molecule has 9 atom stereocenters. The van der Waals surface area contributed by atoms with Gasteiger partial charge in [-0.25, -0.2) is 0 Å². The van der Waals surface area contributed by atoms with Crippen molar-refractivity contribution >= 4 is 0 Å². The van der Waals surface area contributed by atoms with Crippen molar-refractivity contribution in [2.24, 2.45) is 46.3 Å². The highest BCUT2D eigenvalue weighted by molar-refractivity contribution is 5.27.